The Kier molecular flexibility index (Phi) is 7.29. The zero-order valence-electron chi connectivity index (χ0n) is 13.2. The van der Waals surface area contributed by atoms with Gasteiger partial charge in [-0.3, -0.25) is 4.79 Å². The second-order valence-corrected chi connectivity index (χ2v) is 6.57. The lowest BCUT2D eigenvalue weighted by Crippen LogP contribution is -2.34. The van der Waals surface area contributed by atoms with E-state index in [2.05, 4.69) is 27.6 Å². The van der Waals surface area contributed by atoms with Gasteiger partial charge < -0.3 is 19.6 Å². The summed E-state index contributed by atoms with van der Waals surface area (Å²) in [5, 5.41) is 9.21. The summed E-state index contributed by atoms with van der Waals surface area (Å²) in [5.41, 5.74) is 0. The first-order valence-electron chi connectivity index (χ1n) is 7.74. The summed E-state index contributed by atoms with van der Waals surface area (Å²) in [5.74, 6) is 0.401. The van der Waals surface area contributed by atoms with E-state index >= 15 is 0 Å². The Bertz CT molecular complexity index is 585. The van der Waals surface area contributed by atoms with Gasteiger partial charge in [0.25, 0.3) is 0 Å². The molecule has 1 saturated heterocycles. The molecule has 0 aliphatic carbocycles. The van der Waals surface area contributed by atoms with Crippen LogP contribution in [0.15, 0.2) is 30.5 Å². The summed E-state index contributed by atoms with van der Waals surface area (Å²) in [6, 6.07) is 3.60. The number of carboxylic acid groups (broad SMARTS) is 1. The van der Waals surface area contributed by atoms with Crippen molar-refractivity contribution in [3.8, 4) is 5.88 Å². The fourth-order valence-corrected chi connectivity index (χ4v) is 2.62. The van der Waals surface area contributed by atoms with E-state index in [1.54, 1.807) is 23.2 Å². The number of rotatable bonds is 7. The van der Waals surface area contributed by atoms with Crippen molar-refractivity contribution in [2.45, 2.75) is 12.8 Å². The first-order chi connectivity index (χ1) is 11.6. The summed E-state index contributed by atoms with van der Waals surface area (Å²) < 4.78 is 6.43. The van der Waals surface area contributed by atoms with Crippen molar-refractivity contribution in [2.24, 2.45) is 0 Å². The number of aromatic nitrogens is 1. The second kappa shape index (κ2) is 9.45. The maximum atomic E-state index is 11.9. The highest BCUT2D eigenvalue weighted by Crippen LogP contribution is 2.09. The van der Waals surface area contributed by atoms with Crippen LogP contribution >= 0.6 is 22.6 Å². The normalized spacial score (nSPS) is 14.1. The van der Waals surface area contributed by atoms with E-state index in [4.69, 9.17) is 4.74 Å². The van der Waals surface area contributed by atoms with Gasteiger partial charge in [0, 0.05) is 41.5 Å². The van der Waals surface area contributed by atoms with Crippen molar-refractivity contribution < 1.29 is 19.4 Å². The minimum atomic E-state index is -1.05. The fraction of sp³-hybridized carbons (Fsp3) is 0.438. The Morgan fingerprint density at radius 1 is 1.38 bits per heavy atom. The molecule has 0 saturated carbocycles. The molecule has 8 heteroatoms. The highest BCUT2D eigenvalue weighted by Gasteiger charge is 2.15. The second-order valence-electron chi connectivity index (χ2n) is 5.33. The minimum Gasteiger partial charge on any atom is -0.476 e. The van der Waals surface area contributed by atoms with E-state index in [0.717, 1.165) is 29.5 Å². The molecule has 7 nitrogen and oxygen atoms in total. The molecule has 1 fully saturated rings. The van der Waals surface area contributed by atoms with Crippen molar-refractivity contribution in [1.29, 1.82) is 0 Å². The molecule has 0 bridgehead atoms. The fourth-order valence-electron chi connectivity index (χ4n) is 2.30. The third-order valence-electron chi connectivity index (χ3n) is 3.59. The maximum Gasteiger partial charge on any atom is 0.407 e. The molecule has 0 aromatic carbocycles. The molecular formula is C16H20IN3O4. The lowest BCUT2D eigenvalue weighted by molar-refractivity contribution is -0.125. The topological polar surface area (TPSA) is 83.0 Å². The molecule has 1 N–H and O–H groups in total. The number of carbonyl (C=O) groups is 2. The van der Waals surface area contributed by atoms with Crippen molar-refractivity contribution >= 4 is 34.6 Å². The van der Waals surface area contributed by atoms with E-state index in [-0.39, 0.29) is 25.6 Å². The number of carbonyl (C=O) groups excluding carboxylic acids is 1. The van der Waals surface area contributed by atoms with Gasteiger partial charge in [-0.05, 0) is 41.5 Å². The highest BCUT2D eigenvalue weighted by atomic mass is 127. The Morgan fingerprint density at radius 3 is 2.75 bits per heavy atom. The standard InChI is InChI=1S/C16H20IN3O4/c17-13-5-6-14(18-12-13)24-11-10-20(16(22)23)9-3-4-15(21)19-7-1-2-8-19/h3-6,12H,1-2,7-11H2,(H,22,23). The number of amides is 2. The van der Waals surface area contributed by atoms with Gasteiger partial charge in [0.1, 0.15) is 6.61 Å². The summed E-state index contributed by atoms with van der Waals surface area (Å²) in [6.45, 7) is 2.11. The molecule has 24 heavy (non-hydrogen) atoms. The molecule has 1 aliphatic rings. The van der Waals surface area contributed by atoms with E-state index in [1.165, 1.54) is 11.0 Å². The van der Waals surface area contributed by atoms with Gasteiger partial charge in [-0.15, -0.1) is 0 Å². The van der Waals surface area contributed by atoms with Crippen molar-refractivity contribution in [3.05, 3.63) is 34.1 Å². The van der Waals surface area contributed by atoms with Gasteiger partial charge in [0.2, 0.25) is 11.8 Å². The van der Waals surface area contributed by atoms with Crippen LogP contribution in [0.3, 0.4) is 0 Å². The molecule has 0 atom stereocenters. The molecule has 1 aliphatic heterocycles. The van der Waals surface area contributed by atoms with Gasteiger partial charge in [-0.1, -0.05) is 6.08 Å². The number of pyridine rings is 1. The first kappa shape index (κ1) is 18.5. The van der Waals surface area contributed by atoms with Crippen LogP contribution in [0.25, 0.3) is 0 Å². The van der Waals surface area contributed by atoms with Gasteiger partial charge in [0.15, 0.2) is 0 Å². The Morgan fingerprint density at radius 2 is 2.12 bits per heavy atom. The van der Waals surface area contributed by atoms with Gasteiger partial charge in [-0.25, -0.2) is 9.78 Å². The molecule has 2 heterocycles. The SMILES string of the molecule is O=C(O)N(CC=CC(=O)N1CCCC1)CCOc1ccc(I)cn1. The van der Waals surface area contributed by atoms with E-state index in [0.29, 0.717) is 5.88 Å². The summed E-state index contributed by atoms with van der Waals surface area (Å²) >= 11 is 2.15. The Balaban J connectivity index is 1.75. The van der Waals surface area contributed by atoms with Crippen molar-refractivity contribution in [3.63, 3.8) is 0 Å². The molecule has 1 aromatic heterocycles. The van der Waals surface area contributed by atoms with Gasteiger partial charge >= 0.3 is 6.09 Å². The average Bonchev–Trinajstić information content (AvgIpc) is 3.09. The molecular weight excluding hydrogens is 425 g/mol. The highest BCUT2D eigenvalue weighted by molar-refractivity contribution is 14.1. The predicted octanol–water partition coefficient (Wildman–Crippen LogP) is 2.22. The molecule has 0 unspecified atom stereocenters. The van der Waals surface area contributed by atoms with Crippen molar-refractivity contribution in [2.75, 3.05) is 32.8 Å². The van der Waals surface area contributed by atoms with Crippen LogP contribution in [0.4, 0.5) is 4.79 Å². The number of hydrogen-bond donors (Lipinski definition) is 1. The van der Waals surface area contributed by atoms with Gasteiger partial charge in [-0.2, -0.15) is 0 Å². The zero-order chi connectivity index (χ0) is 17.4. The van der Waals surface area contributed by atoms with Crippen LogP contribution in [-0.4, -0.2) is 64.7 Å². The number of nitrogens with zero attached hydrogens (tertiary/aromatic N) is 3. The largest absolute Gasteiger partial charge is 0.476 e. The van der Waals surface area contributed by atoms with Crippen LogP contribution in [0.5, 0.6) is 5.88 Å². The monoisotopic (exact) mass is 445 g/mol. The van der Waals surface area contributed by atoms with E-state index in [1.807, 2.05) is 6.07 Å². The molecule has 130 valence electrons. The predicted molar refractivity (Wildman–Crippen MR) is 97.0 cm³/mol. The Labute approximate surface area is 154 Å². The maximum absolute atomic E-state index is 11.9. The third-order valence-corrected chi connectivity index (χ3v) is 4.22. The van der Waals surface area contributed by atoms with Crippen LogP contribution in [0, 0.1) is 3.57 Å². The number of ether oxygens (including phenoxy) is 1. The third kappa shape index (κ3) is 5.99. The van der Waals surface area contributed by atoms with Crippen LogP contribution in [0.1, 0.15) is 12.8 Å². The molecule has 0 radical (unpaired) electrons. The quantitative estimate of drug-likeness (QED) is 0.514. The number of likely N-dealkylation sites (tertiary alicyclic amines) is 1. The summed E-state index contributed by atoms with van der Waals surface area (Å²) in [4.78, 5) is 30.2. The number of hydrogen-bond acceptors (Lipinski definition) is 4. The first-order valence-corrected chi connectivity index (χ1v) is 8.82. The van der Waals surface area contributed by atoms with E-state index < -0.39 is 6.09 Å². The lowest BCUT2D eigenvalue weighted by atomic mass is 10.4. The molecule has 2 amide bonds. The zero-order valence-corrected chi connectivity index (χ0v) is 15.4. The molecule has 2 rings (SSSR count). The number of halogens is 1. The van der Waals surface area contributed by atoms with Gasteiger partial charge in [0.05, 0.1) is 6.54 Å². The molecule has 0 spiro atoms. The van der Waals surface area contributed by atoms with Crippen LogP contribution < -0.4 is 4.74 Å². The average molecular weight is 445 g/mol. The minimum absolute atomic E-state index is 0.0582. The Hall–Kier alpha value is -1.84. The van der Waals surface area contributed by atoms with E-state index in [9.17, 15) is 14.7 Å². The lowest BCUT2D eigenvalue weighted by Gasteiger charge is -2.17. The van der Waals surface area contributed by atoms with Crippen LogP contribution in [0.2, 0.25) is 0 Å². The smallest absolute Gasteiger partial charge is 0.407 e. The van der Waals surface area contributed by atoms with Crippen LogP contribution in [-0.2, 0) is 4.79 Å². The van der Waals surface area contributed by atoms with Crippen molar-refractivity contribution in [1.82, 2.24) is 14.8 Å². The summed E-state index contributed by atoms with van der Waals surface area (Å²) in [6.07, 6.45) is 5.72. The summed E-state index contributed by atoms with van der Waals surface area (Å²) in [7, 11) is 0. The molecule has 1 aromatic rings.